The second kappa shape index (κ2) is 3.34. The zero-order chi connectivity index (χ0) is 12.0. The van der Waals surface area contributed by atoms with Gasteiger partial charge in [-0.3, -0.25) is 4.79 Å². The van der Waals surface area contributed by atoms with Crippen LogP contribution in [0.1, 0.15) is 44.7 Å². The van der Waals surface area contributed by atoms with E-state index in [9.17, 15) is 9.90 Å². The lowest BCUT2D eigenvalue weighted by molar-refractivity contribution is -0.140. The van der Waals surface area contributed by atoms with Crippen molar-refractivity contribution in [2.45, 2.75) is 44.4 Å². The van der Waals surface area contributed by atoms with E-state index in [1.807, 2.05) is 12.1 Å². The number of carbonyl (C=O) groups is 1. The van der Waals surface area contributed by atoms with Crippen molar-refractivity contribution in [3.63, 3.8) is 0 Å². The van der Waals surface area contributed by atoms with E-state index in [0.717, 1.165) is 18.4 Å². The molecule has 0 bridgehead atoms. The van der Waals surface area contributed by atoms with Gasteiger partial charge in [-0.05, 0) is 29.4 Å². The zero-order valence-electron chi connectivity index (χ0n) is 10.1. The van der Waals surface area contributed by atoms with E-state index in [4.69, 9.17) is 0 Å². The third kappa shape index (κ3) is 1.73. The van der Waals surface area contributed by atoms with Gasteiger partial charge in [0.15, 0.2) is 0 Å². The fourth-order valence-corrected chi connectivity index (χ4v) is 2.03. The van der Waals surface area contributed by atoms with Crippen LogP contribution in [0.2, 0.25) is 0 Å². The van der Waals surface area contributed by atoms with Crippen LogP contribution in [0.4, 0.5) is 0 Å². The van der Waals surface area contributed by atoms with Crippen molar-refractivity contribution in [3.05, 3.63) is 35.4 Å². The van der Waals surface area contributed by atoms with Gasteiger partial charge < -0.3 is 5.11 Å². The number of hydrogen-bond donors (Lipinski definition) is 1. The van der Waals surface area contributed by atoms with Crippen LogP contribution in [0.15, 0.2) is 24.3 Å². The molecular formula is C14H18O2. The van der Waals surface area contributed by atoms with Crippen molar-refractivity contribution < 1.29 is 9.90 Å². The highest BCUT2D eigenvalue weighted by Gasteiger charge is 2.51. The van der Waals surface area contributed by atoms with Gasteiger partial charge in [0.05, 0.1) is 5.41 Å². The SMILES string of the molecule is CC(C)(C)c1cccc(C2(C(=O)O)CC2)c1. The first-order valence-corrected chi connectivity index (χ1v) is 5.71. The molecule has 2 rings (SSSR count). The van der Waals surface area contributed by atoms with E-state index < -0.39 is 11.4 Å². The molecule has 0 heterocycles. The molecular weight excluding hydrogens is 200 g/mol. The topological polar surface area (TPSA) is 37.3 Å². The summed E-state index contributed by atoms with van der Waals surface area (Å²) < 4.78 is 0. The van der Waals surface area contributed by atoms with Gasteiger partial charge in [0.25, 0.3) is 0 Å². The van der Waals surface area contributed by atoms with Crippen LogP contribution in [0, 0.1) is 0 Å². The molecule has 0 spiro atoms. The van der Waals surface area contributed by atoms with Gasteiger partial charge in [-0.1, -0.05) is 45.0 Å². The van der Waals surface area contributed by atoms with Gasteiger partial charge in [-0.2, -0.15) is 0 Å². The molecule has 0 atom stereocenters. The highest BCUT2D eigenvalue weighted by Crippen LogP contribution is 2.48. The first-order valence-electron chi connectivity index (χ1n) is 5.71. The van der Waals surface area contributed by atoms with E-state index in [1.54, 1.807) is 0 Å². The number of carboxylic acids is 1. The summed E-state index contributed by atoms with van der Waals surface area (Å²) in [4.78, 5) is 11.2. The third-order valence-electron chi connectivity index (χ3n) is 3.44. The molecule has 1 N–H and O–H groups in total. The third-order valence-corrected chi connectivity index (χ3v) is 3.44. The van der Waals surface area contributed by atoms with Crippen LogP contribution < -0.4 is 0 Å². The van der Waals surface area contributed by atoms with Crippen LogP contribution in [-0.4, -0.2) is 11.1 Å². The Kier molecular flexibility index (Phi) is 2.33. The normalized spacial score (nSPS) is 18.2. The Hall–Kier alpha value is -1.31. The van der Waals surface area contributed by atoms with Gasteiger partial charge in [-0.15, -0.1) is 0 Å². The Bertz CT molecular complexity index is 423. The van der Waals surface area contributed by atoms with Crippen LogP contribution in [0.5, 0.6) is 0 Å². The first kappa shape index (κ1) is 11.2. The summed E-state index contributed by atoms with van der Waals surface area (Å²) in [7, 11) is 0. The molecule has 0 radical (unpaired) electrons. The van der Waals surface area contributed by atoms with Crippen molar-refractivity contribution in [2.75, 3.05) is 0 Å². The summed E-state index contributed by atoms with van der Waals surface area (Å²) >= 11 is 0. The maximum absolute atomic E-state index is 11.2. The van der Waals surface area contributed by atoms with Gasteiger partial charge >= 0.3 is 5.97 Å². The predicted molar refractivity (Wildman–Crippen MR) is 63.7 cm³/mol. The maximum atomic E-state index is 11.2. The highest BCUT2D eigenvalue weighted by molar-refractivity contribution is 5.84. The lowest BCUT2D eigenvalue weighted by Gasteiger charge is -2.21. The second-order valence-corrected chi connectivity index (χ2v) is 5.72. The number of carboxylic acid groups (broad SMARTS) is 1. The first-order chi connectivity index (χ1) is 7.36. The molecule has 1 aliphatic carbocycles. The Morgan fingerprint density at radius 2 is 1.94 bits per heavy atom. The lowest BCUT2D eigenvalue weighted by atomic mass is 9.84. The highest BCUT2D eigenvalue weighted by atomic mass is 16.4. The average molecular weight is 218 g/mol. The van der Waals surface area contributed by atoms with Crippen LogP contribution in [-0.2, 0) is 15.6 Å². The molecule has 0 aromatic heterocycles. The minimum absolute atomic E-state index is 0.0740. The minimum Gasteiger partial charge on any atom is -0.481 e. The van der Waals surface area contributed by atoms with Gasteiger partial charge in [0.2, 0.25) is 0 Å². The number of aliphatic carboxylic acids is 1. The molecule has 1 aliphatic rings. The summed E-state index contributed by atoms with van der Waals surface area (Å²) in [5.41, 5.74) is 1.66. The average Bonchev–Trinajstić information content (AvgIpc) is 2.97. The van der Waals surface area contributed by atoms with E-state index >= 15 is 0 Å². The van der Waals surface area contributed by atoms with Gasteiger partial charge in [-0.25, -0.2) is 0 Å². The van der Waals surface area contributed by atoms with E-state index in [1.165, 1.54) is 5.56 Å². The van der Waals surface area contributed by atoms with Crippen molar-refractivity contribution in [1.29, 1.82) is 0 Å². The molecule has 0 aliphatic heterocycles. The summed E-state index contributed by atoms with van der Waals surface area (Å²) in [6.07, 6.45) is 1.55. The van der Waals surface area contributed by atoms with Crippen LogP contribution in [0.25, 0.3) is 0 Å². The monoisotopic (exact) mass is 218 g/mol. The van der Waals surface area contributed by atoms with E-state index in [-0.39, 0.29) is 5.41 Å². The number of hydrogen-bond acceptors (Lipinski definition) is 1. The zero-order valence-corrected chi connectivity index (χ0v) is 10.1. The molecule has 16 heavy (non-hydrogen) atoms. The Morgan fingerprint density at radius 3 is 2.38 bits per heavy atom. The second-order valence-electron chi connectivity index (χ2n) is 5.72. The Labute approximate surface area is 96.3 Å². The standard InChI is InChI=1S/C14H18O2/c1-13(2,3)10-5-4-6-11(9-10)14(7-8-14)12(15)16/h4-6,9H,7-8H2,1-3H3,(H,15,16). The van der Waals surface area contributed by atoms with E-state index in [2.05, 4.69) is 32.9 Å². The summed E-state index contributed by atoms with van der Waals surface area (Å²) in [6.45, 7) is 6.44. The fraction of sp³-hybridized carbons (Fsp3) is 0.500. The Morgan fingerprint density at radius 1 is 1.31 bits per heavy atom. The van der Waals surface area contributed by atoms with Crippen molar-refractivity contribution >= 4 is 5.97 Å². The van der Waals surface area contributed by atoms with E-state index in [0.29, 0.717) is 0 Å². The van der Waals surface area contributed by atoms with Crippen LogP contribution in [0.3, 0.4) is 0 Å². The number of rotatable bonds is 2. The molecule has 0 saturated heterocycles. The lowest BCUT2D eigenvalue weighted by Crippen LogP contribution is -2.20. The summed E-state index contributed by atoms with van der Waals surface area (Å²) in [5.74, 6) is -0.682. The molecule has 2 nitrogen and oxygen atoms in total. The fourth-order valence-electron chi connectivity index (χ4n) is 2.03. The predicted octanol–water partition coefficient (Wildman–Crippen LogP) is 3.10. The Balaban J connectivity index is 2.41. The largest absolute Gasteiger partial charge is 0.481 e. The number of benzene rings is 1. The molecule has 1 saturated carbocycles. The minimum atomic E-state index is -0.682. The van der Waals surface area contributed by atoms with Crippen LogP contribution >= 0.6 is 0 Å². The molecule has 1 aromatic carbocycles. The van der Waals surface area contributed by atoms with Crippen molar-refractivity contribution in [3.8, 4) is 0 Å². The summed E-state index contributed by atoms with van der Waals surface area (Å²) in [5, 5.41) is 9.25. The quantitative estimate of drug-likeness (QED) is 0.828. The molecule has 1 fully saturated rings. The molecule has 1 aromatic rings. The molecule has 0 amide bonds. The maximum Gasteiger partial charge on any atom is 0.314 e. The smallest absolute Gasteiger partial charge is 0.314 e. The molecule has 86 valence electrons. The van der Waals surface area contributed by atoms with Crippen molar-refractivity contribution in [1.82, 2.24) is 0 Å². The summed E-state index contributed by atoms with van der Waals surface area (Å²) in [6, 6.07) is 8.04. The van der Waals surface area contributed by atoms with Crippen molar-refractivity contribution in [2.24, 2.45) is 0 Å². The molecule has 2 heteroatoms. The van der Waals surface area contributed by atoms with Gasteiger partial charge in [0, 0.05) is 0 Å². The molecule has 0 unspecified atom stereocenters. The van der Waals surface area contributed by atoms with Gasteiger partial charge in [0.1, 0.15) is 0 Å².